The highest BCUT2D eigenvalue weighted by molar-refractivity contribution is 6.15. The van der Waals surface area contributed by atoms with Gasteiger partial charge in [0.1, 0.15) is 0 Å². The van der Waals surface area contributed by atoms with Gasteiger partial charge in [0.2, 0.25) is 0 Å². The van der Waals surface area contributed by atoms with Crippen molar-refractivity contribution in [3.63, 3.8) is 0 Å². The molecule has 0 atom stereocenters. The highest BCUT2D eigenvalue weighted by atomic mass is 15.0. The molecule has 0 amide bonds. The molecule has 530 valence electrons. The molecule has 2 aromatic heterocycles. The van der Waals surface area contributed by atoms with Gasteiger partial charge in [0, 0.05) is 54.0 Å². The van der Waals surface area contributed by atoms with Gasteiger partial charge >= 0.3 is 0 Å². The van der Waals surface area contributed by atoms with Crippen LogP contribution in [0, 0.1) is 0 Å². The van der Waals surface area contributed by atoms with Gasteiger partial charge in [0.05, 0.1) is 33.4 Å². The summed E-state index contributed by atoms with van der Waals surface area (Å²) < 4.78 is 5.19. The van der Waals surface area contributed by atoms with Crippen LogP contribution in [0.4, 0.5) is 0 Å². The van der Waals surface area contributed by atoms with Gasteiger partial charge in [-0.25, -0.2) is 0 Å². The smallest absolute Gasteiger partial charge is 0.0544 e. The summed E-state index contributed by atoms with van der Waals surface area (Å²) in [5, 5.41) is 10.7. The van der Waals surface area contributed by atoms with Gasteiger partial charge in [-0.15, -0.1) is 0 Å². The highest BCUT2D eigenvalue weighted by Crippen LogP contribution is 2.66. The zero-order chi connectivity index (χ0) is 70.9. The third-order valence-electron chi connectivity index (χ3n) is 26.9. The zero-order valence-corrected chi connectivity index (χ0v) is 64.2. The van der Waals surface area contributed by atoms with Gasteiger partial charge in [0.25, 0.3) is 0 Å². The number of rotatable bonds is 30. The van der Waals surface area contributed by atoms with Crippen LogP contribution in [0.15, 0.2) is 194 Å². The minimum atomic E-state index is -0.258. The van der Waals surface area contributed by atoms with Crippen LogP contribution >= 0.6 is 0 Å². The van der Waals surface area contributed by atoms with Crippen molar-refractivity contribution >= 4 is 65.2 Å². The van der Waals surface area contributed by atoms with E-state index >= 15 is 0 Å². The molecule has 0 bridgehead atoms. The lowest BCUT2D eigenvalue weighted by Crippen LogP contribution is -2.27. The van der Waals surface area contributed by atoms with E-state index in [1.165, 1.54) is 301 Å². The van der Waals surface area contributed by atoms with Gasteiger partial charge in [-0.3, -0.25) is 0 Å². The Hall–Kier alpha value is -8.46. The van der Waals surface area contributed by atoms with Crippen LogP contribution in [0.1, 0.15) is 280 Å². The van der Waals surface area contributed by atoms with Crippen molar-refractivity contribution in [2.75, 3.05) is 0 Å². The van der Waals surface area contributed by atoms with E-state index in [1.54, 1.807) is 44.5 Å². The maximum Gasteiger partial charge on any atom is 0.0544 e. The number of aromatic nitrogens is 2. The summed E-state index contributed by atoms with van der Waals surface area (Å²) in [5.41, 5.74) is 31.4. The average molecular weight is 1370 g/mol. The molecule has 0 saturated carbocycles. The Labute approximate surface area is 621 Å². The van der Waals surface area contributed by atoms with E-state index < -0.39 is 0 Å². The van der Waals surface area contributed by atoms with Gasteiger partial charge < -0.3 is 9.13 Å². The van der Waals surface area contributed by atoms with E-state index in [1.807, 2.05) is 0 Å². The van der Waals surface area contributed by atoms with Crippen molar-refractivity contribution < 1.29 is 0 Å². The summed E-state index contributed by atoms with van der Waals surface area (Å²) in [7, 11) is 0. The average Bonchev–Trinajstić information content (AvgIpc) is 1.51. The van der Waals surface area contributed by atoms with Crippen molar-refractivity contribution in [3.8, 4) is 55.9 Å². The number of para-hydroxylation sites is 4. The molecule has 4 aliphatic carbocycles. The number of fused-ring (bicyclic) bond motifs is 22. The molecule has 0 spiro atoms. The van der Waals surface area contributed by atoms with E-state index in [4.69, 9.17) is 0 Å². The lowest BCUT2D eigenvalue weighted by Gasteiger charge is -2.35. The Morgan fingerprint density at radius 3 is 0.740 bits per heavy atom. The van der Waals surface area contributed by atoms with Crippen molar-refractivity contribution in [3.05, 3.63) is 239 Å². The second-order valence-corrected chi connectivity index (χ2v) is 33.8. The van der Waals surface area contributed by atoms with Gasteiger partial charge in [0.15, 0.2) is 0 Å². The fourth-order valence-corrected chi connectivity index (χ4v) is 21.5. The summed E-state index contributed by atoms with van der Waals surface area (Å²) in [4.78, 5) is 0. The fourth-order valence-electron chi connectivity index (χ4n) is 21.5. The van der Waals surface area contributed by atoms with Gasteiger partial charge in [-0.2, -0.15) is 0 Å². The Morgan fingerprint density at radius 1 is 0.221 bits per heavy atom. The second kappa shape index (κ2) is 28.1. The molecule has 0 fully saturated rings. The van der Waals surface area contributed by atoms with Crippen LogP contribution < -0.4 is 0 Å². The summed E-state index contributed by atoms with van der Waals surface area (Å²) in [6, 6.07) is 78.0. The number of unbranched alkanes of at least 4 members (excludes halogenated alkanes) is 20. The molecule has 11 aromatic carbocycles. The molecule has 0 saturated heterocycles. The quantitative estimate of drug-likeness (QED) is 0.0397. The molecule has 0 unspecified atom stereocenters. The van der Waals surface area contributed by atoms with Crippen molar-refractivity contribution in [1.29, 1.82) is 0 Å². The Balaban J connectivity index is 0.894. The van der Waals surface area contributed by atoms with Crippen molar-refractivity contribution in [2.24, 2.45) is 0 Å². The first-order valence-corrected chi connectivity index (χ1v) is 41.7. The number of nitrogens with zero attached hydrogens (tertiary/aromatic N) is 2. The summed E-state index contributed by atoms with van der Waals surface area (Å²) in [6.07, 6.45) is 36.0. The largest absolute Gasteiger partial charge is 0.309 e. The molecule has 0 N–H and O–H groups in total. The predicted octanol–water partition coefficient (Wildman–Crippen LogP) is 30.3. The van der Waals surface area contributed by atoms with Crippen LogP contribution in [-0.2, 0) is 21.7 Å². The lowest BCUT2D eigenvalue weighted by molar-refractivity contribution is 0.394. The minimum Gasteiger partial charge on any atom is -0.309 e. The number of benzene rings is 11. The van der Waals surface area contributed by atoms with Gasteiger partial charge in [-0.05, 0) is 198 Å². The summed E-state index contributed by atoms with van der Waals surface area (Å²) in [5.74, 6) is 0. The molecule has 2 nitrogen and oxygen atoms in total. The first-order chi connectivity index (χ1) is 51.0. The molecule has 13 aromatic rings. The molecular formula is C102H112N2. The molecule has 104 heavy (non-hydrogen) atoms. The molecule has 17 rings (SSSR count). The van der Waals surface area contributed by atoms with Gasteiger partial charge in [-0.1, -0.05) is 331 Å². The highest BCUT2D eigenvalue weighted by Gasteiger charge is 2.51. The lowest BCUT2D eigenvalue weighted by atomic mass is 9.68. The zero-order valence-electron chi connectivity index (χ0n) is 64.2. The topological polar surface area (TPSA) is 9.86 Å². The van der Waals surface area contributed by atoms with Crippen LogP contribution in [0.25, 0.3) is 121 Å². The maximum atomic E-state index is 2.94. The monoisotopic (exact) mass is 1360 g/mol. The Kier molecular flexibility index (Phi) is 18.6. The summed E-state index contributed by atoms with van der Waals surface area (Å²) >= 11 is 0. The molecule has 4 aliphatic rings. The normalized spacial score (nSPS) is 15.2. The maximum absolute atomic E-state index is 2.94. The van der Waals surface area contributed by atoms with E-state index in [9.17, 15) is 0 Å². The van der Waals surface area contributed by atoms with Crippen LogP contribution in [0.3, 0.4) is 0 Å². The fraction of sp³-hybridized carbons (Fsp3) is 0.392. The molecular weight excluding hydrogens is 1250 g/mol. The summed E-state index contributed by atoms with van der Waals surface area (Å²) in [6.45, 7) is 19.8. The van der Waals surface area contributed by atoms with Crippen LogP contribution in [-0.4, -0.2) is 9.13 Å². The predicted molar refractivity (Wildman–Crippen MR) is 450 cm³/mol. The van der Waals surface area contributed by atoms with E-state index in [-0.39, 0.29) is 21.7 Å². The van der Waals surface area contributed by atoms with E-state index in [0.717, 1.165) is 0 Å². The molecule has 0 aliphatic heterocycles. The van der Waals surface area contributed by atoms with Crippen molar-refractivity contribution in [2.45, 2.75) is 257 Å². The van der Waals surface area contributed by atoms with E-state index in [0.29, 0.717) is 0 Å². The molecule has 0 radical (unpaired) electrons. The SMILES string of the molecule is CCCCCCCCC1(CCCCCCCC)c2cc3c(cc2-c2cc4c(cc21)-c1cc2c(cc1C4(CCCCCCCC)CCCCCCCC)-c1c(cc(-n4c5ccccc5c5ccccc54)c4ccccc14)C2(C)C)C(C)(C)c1cc(-n2c4ccccc4c4ccccc42)c2ccccc2c1-3. The van der Waals surface area contributed by atoms with Crippen LogP contribution in [0.2, 0.25) is 0 Å². The minimum absolute atomic E-state index is 0.131. The third kappa shape index (κ3) is 11.0. The molecule has 2 heterocycles. The second-order valence-electron chi connectivity index (χ2n) is 33.8. The number of hydrogen-bond donors (Lipinski definition) is 0. The van der Waals surface area contributed by atoms with Crippen molar-refractivity contribution in [1.82, 2.24) is 9.13 Å². The Morgan fingerprint density at radius 2 is 0.452 bits per heavy atom. The van der Waals surface area contributed by atoms with E-state index in [2.05, 4.69) is 259 Å². The third-order valence-corrected chi connectivity index (χ3v) is 26.9. The number of hydrogen-bond acceptors (Lipinski definition) is 0. The first-order valence-electron chi connectivity index (χ1n) is 41.7. The first kappa shape index (κ1) is 68.6. The molecule has 2 heteroatoms. The van der Waals surface area contributed by atoms with Crippen LogP contribution in [0.5, 0.6) is 0 Å². The standard InChI is InChI=1S/C102H112N2/c1-9-13-17-21-25-41-57-101(58-42-26-22-18-14-10-2)85-63-80-78-62-84-82(98-76-52-32-30-50-74(76)96(68-90(98)100(84,7)8)104-93-55-39-35-47-71(93)72-48-36-40-56-94(72)104)66-88(78)102(59-43-27-23-19-15-11-3,60-44-28-24-20-16-12-4)86(80)64-79(85)77-61-83-81(65-87(77)101)97-75-51-31-29-49-73(75)95(67-89(97)99(83,5)6)103-91-53-37-33-45-69(91)70-46-34-38-54-92(70)103/h29-40,45-56,61-68H,9-28,41-44,57-60H2,1-8H3. The Bertz CT molecular complexity index is 4940.